The number of methoxy groups -OCH3 is 1. The number of hydrogen-bond donors (Lipinski definition) is 0. The Kier molecular flexibility index (Phi) is 3.28. The van der Waals surface area contributed by atoms with E-state index in [4.69, 9.17) is 4.74 Å². The van der Waals surface area contributed by atoms with Crippen molar-refractivity contribution in [2.45, 2.75) is 40.0 Å². The molecule has 2 nitrogen and oxygen atoms in total. The average molecular weight is 217 g/mol. The third-order valence-corrected chi connectivity index (χ3v) is 3.10. The number of ether oxygens (including phenoxy) is 1. The molecule has 2 heteroatoms. The summed E-state index contributed by atoms with van der Waals surface area (Å²) in [6.07, 6.45) is 0. The first kappa shape index (κ1) is 12.6. The van der Waals surface area contributed by atoms with E-state index >= 15 is 0 Å². The van der Waals surface area contributed by atoms with Gasteiger partial charge < -0.3 is 4.74 Å². The SMILES string of the molecule is COc1c(C)c(C)cc(C)c1C(C)(C)C#N. The molecule has 86 valence electrons. The van der Waals surface area contributed by atoms with Crippen molar-refractivity contribution in [3.05, 3.63) is 28.3 Å². The van der Waals surface area contributed by atoms with Crippen LogP contribution in [-0.2, 0) is 5.41 Å². The zero-order chi connectivity index (χ0) is 12.5. The maximum atomic E-state index is 9.25. The Morgan fingerprint density at radius 1 is 1.19 bits per heavy atom. The molecule has 0 saturated heterocycles. The summed E-state index contributed by atoms with van der Waals surface area (Å²) in [5.74, 6) is 0.851. The summed E-state index contributed by atoms with van der Waals surface area (Å²) in [4.78, 5) is 0. The third-order valence-electron chi connectivity index (χ3n) is 3.10. The highest BCUT2D eigenvalue weighted by molar-refractivity contribution is 5.54. The maximum absolute atomic E-state index is 9.25. The van der Waals surface area contributed by atoms with Crippen LogP contribution in [0.3, 0.4) is 0 Å². The first-order chi connectivity index (χ1) is 7.35. The Morgan fingerprint density at radius 2 is 1.75 bits per heavy atom. The van der Waals surface area contributed by atoms with Crippen LogP contribution in [0.5, 0.6) is 5.75 Å². The normalized spacial score (nSPS) is 11.1. The number of nitriles is 1. The van der Waals surface area contributed by atoms with Crippen molar-refractivity contribution in [2.24, 2.45) is 0 Å². The Morgan fingerprint density at radius 3 is 2.19 bits per heavy atom. The van der Waals surface area contributed by atoms with Crippen LogP contribution in [0.25, 0.3) is 0 Å². The van der Waals surface area contributed by atoms with Gasteiger partial charge in [0.05, 0.1) is 18.6 Å². The summed E-state index contributed by atoms with van der Waals surface area (Å²) in [5, 5.41) is 9.25. The van der Waals surface area contributed by atoms with Gasteiger partial charge in [-0.2, -0.15) is 5.26 Å². The molecule has 0 amide bonds. The highest BCUT2D eigenvalue weighted by Gasteiger charge is 2.27. The van der Waals surface area contributed by atoms with Crippen molar-refractivity contribution < 1.29 is 4.74 Å². The van der Waals surface area contributed by atoms with Crippen molar-refractivity contribution in [1.29, 1.82) is 5.26 Å². The summed E-state index contributed by atoms with van der Waals surface area (Å²) in [7, 11) is 1.66. The van der Waals surface area contributed by atoms with Crippen molar-refractivity contribution in [3.8, 4) is 11.8 Å². The topological polar surface area (TPSA) is 33.0 Å². The van der Waals surface area contributed by atoms with Crippen LogP contribution in [0.15, 0.2) is 6.07 Å². The fourth-order valence-electron chi connectivity index (χ4n) is 2.14. The molecule has 0 saturated carbocycles. The molecule has 16 heavy (non-hydrogen) atoms. The minimum atomic E-state index is -0.520. The Hall–Kier alpha value is -1.49. The number of nitrogens with zero attached hydrogens (tertiary/aromatic N) is 1. The highest BCUT2D eigenvalue weighted by Crippen LogP contribution is 2.37. The summed E-state index contributed by atoms with van der Waals surface area (Å²) in [6.45, 7) is 9.97. The number of rotatable bonds is 2. The van der Waals surface area contributed by atoms with E-state index in [0.29, 0.717) is 0 Å². The first-order valence-corrected chi connectivity index (χ1v) is 5.41. The monoisotopic (exact) mass is 217 g/mol. The average Bonchev–Trinajstić information content (AvgIpc) is 2.22. The summed E-state index contributed by atoms with van der Waals surface area (Å²) in [6, 6.07) is 4.46. The summed E-state index contributed by atoms with van der Waals surface area (Å²) >= 11 is 0. The molecular weight excluding hydrogens is 198 g/mol. The van der Waals surface area contributed by atoms with E-state index in [-0.39, 0.29) is 0 Å². The van der Waals surface area contributed by atoms with E-state index in [2.05, 4.69) is 19.1 Å². The lowest BCUT2D eigenvalue weighted by molar-refractivity contribution is 0.398. The van der Waals surface area contributed by atoms with E-state index < -0.39 is 5.41 Å². The van der Waals surface area contributed by atoms with Crippen molar-refractivity contribution in [2.75, 3.05) is 7.11 Å². The Labute approximate surface area is 97.9 Å². The van der Waals surface area contributed by atoms with Gasteiger partial charge in [0, 0.05) is 5.56 Å². The van der Waals surface area contributed by atoms with Gasteiger partial charge in [-0.05, 0) is 51.3 Å². The highest BCUT2D eigenvalue weighted by atomic mass is 16.5. The van der Waals surface area contributed by atoms with Crippen LogP contribution < -0.4 is 4.74 Å². The lowest BCUT2D eigenvalue weighted by Gasteiger charge is -2.24. The summed E-state index contributed by atoms with van der Waals surface area (Å²) < 4.78 is 5.47. The van der Waals surface area contributed by atoms with Gasteiger partial charge in [-0.1, -0.05) is 6.07 Å². The second-order valence-corrected chi connectivity index (χ2v) is 4.78. The number of benzene rings is 1. The van der Waals surface area contributed by atoms with E-state index in [1.165, 1.54) is 5.56 Å². The van der Waals surface area contributed by atoms with Gasteiger partial charge in [0.15, 0.2) is 0 Å². The molecule has 0 aliphatic carbocycles. The molecule has 0 aliphatic rings. The third kappa shape index (κ3) is 1.90. The number of hydrogen-bond acceptors (Lipinski definition) is 2. The van der Waals surface area contributed by atoms with Gasteiger partial charge in [0.1, 0.15) is 5.75 Å². The predicted molar refractivity (Wildman–Crippen MR) is 65.8 cm³/mol. The fourth-order valence-corrected chi connectivity index (χ4v) is 2.14. The van der Waals surface area contributed by atoms with E-state index in [9.17, 15) is 5.26 Å². The largest absolute Gasteiger partial charge is 0.496 e. The van der Waals surface area contributed by atoms with Crippen molar-refractivity contribution in [1.82, 2.24) is 0 Å². The van der Waals surface area contributed by atoms with E-state index in [1.54, 1.807) is 7.11 Å². The molecule has 0 radical (unpaired) electrons. The molecule has 1 rings (SSSR count). The van der Waals surface area contributed by atoms with Gasteiger partial charge in [0.25, 0.3) is 0 Å². The molecule has 1 aromatic rings. The van der Waals surface area contributed by atoms with Crippen molar-refractivity contribution in [3.63, 3.8) is 0 Å². The first-order valence-electron chi connectivity index (χ1n) is 5.41. The molecule has 0 aliphatic heterocycles. The molecule has 0 fully saturated rings. The zero-order valence-corrected chi connectivity index (χ0v) is 10.9. The molecule has 1 aromatic carbocycles. The van der Waals surface area contributed by atoms with Crippen molar-refractivity contribution >= 4 is 0 Å². The van der Waals surface area contributed by atoms with Gasteiger partial charge in [-0.3, -0.25) is 0 Å². The minimum Gasteiger partial charge on any atom is -0.496 e. The Bertz CT molecular complexity index is 453. The summed E-state index contributed by atoms with van der Waals surface area (Å²) in [5.41, 5.74) is 3.92. The van der Waals surface area contributed by atoms with Gasteiger partial charge in [-0.25, -0.2) is 0 Å². The molecule has 0 aromatic heterocycles. The molecule has 0 atom stereocenters. The van der Waals surface area contributed by atoms with Crippen LogP contribution in [0.2, 0.25) is 0 Å². The lowest BCUT2D eigenvalue weighted by Crippen LogP contribution is -2.18. The van der Waals surface area contributed by atoms with Crippen LogP contribution in [0, 0.1) is 32.1 Å². The van der Waals surface area contributed by atoms with Gasteiger partial charge >= 0.3 is 0 Å². The second-order valence-electron chi connectivity index (χ2n) is 4.78. The standard InChI is InChI=1S/C14H19NO/c1-9-7-10(2)12(14(4,5)8-15)13(16-6)11(9)3/h7H,1-6H3. The van der Waals surface area contributed by atoms with Crippen LogP contribution in [0.1, 0.15) is 36.1 Å². The molecular formula is C14H19NO. The molecule has 0 unspecified atom stereocenters. The Balaban J connectivity index is 3.63. The lowest BCUT2D eigenvalue weighted by atomic mass is 9.81. The van der Waals surface area contributed by atoms with Crippen LogP contribution in [0.4, 0.5) is 0 Å². The van der Waals surface area contributed by atoms with Gasteiger partial charge in [0.2, 0.25) is 0 Å². The van der Waals surface area contributed by atoms with Crippen LogP contribution >= 0.6 is 0 Å². The molecule has 0 spiro atoms. The fraction of sp³-hybridized carbons (Fsp3) is 0.500. The predicted octanol–water partition coefficient (Wildman–Crippen LogP) is 3.42. The van der Waals surface area contributed by atoms with Gasteiger partial charge in [-0.15, -0.1) is 0 Å². The quantitative estimate of drug-likeness (QED) is 0.760. The molecule has 0 N–H and O–H groups in total. The zero-order valence-electron chi connectivity index (χ0n) is 10.9. The minimum absolute atomic E-state index is 0.520. The maximum Gasteiger partial charge on any atom is 0.127 e. The smallest absolute Gasteiger partial charge is 0.127 e. The van der Waals surface area contributed by atoms with E-state index in [0.717, 1.165) is 22.4 Å². The molecule has 0 heterocycles. The number of aryl methyl sites for hydroxylation is 2. The second kappa shape index (κ2) is 4.17. The van der Waals surface area contributed by atoms with Crippen LogP contribution in [-0.4, -0.2) is 7.11 Å². The van der Waals surface area contributed by atoms with E-state index in [1.807, 2.05) is 27.7 Å². The molecule has 0 bridgehead atoms.